The summed E-state index contributed by atoms with van der Waals surface area (Å²) in [7, 11) is -3.91. The maximum atomic E-state index is 13.2. The van der Waals surface area contributed by atoms with Gasteiger partial charge in [-0.25, -0.2) is 8.42 Å². The summed E-state index contributed by atoms with van der Waals surface area (Å²) >= 11 is 0. The number of nitrogens with one attached hydrogen (secondary N) is 2. The molecule has 160 valence electrons. The Kier molecular flexibility index (Phi) is 6.60. The van der Waals surface area contributed by atoms with Gasteiger partial charge in [0.05, 0.1) is 18.0 Å². The highest BCUT2D eigenvalue weighted by Gasteiger charge is 2.35. The van der Waals surface area contributed by atoms with E-state index < -0.39 is 28.1 Å². The molecule has 1 saturated heterocycles. The number of amides is 2. The van der Waals surface area contributed by atoms with Crippen LogP contribution in [0.25, 0.3) is 0 Å². The lowest BCUT2D eigenvalue weighted by molar-refractivity contribution is -0.140. The summed E-state index contributed by atoms with van der Waals surface area (Å²) in [5, 5.41) is 4.91. The van der Waals surface area contributed by atoms with Crippen molar-refractivity contribution in [3.05, 3.63) is 18.2 Å². The third-order valence-corrected chi connectivity index (χ3v) is 6.22. The normalized spacial score (nSPS) is 19.6. The van der Waals surface area contributed by atoms with Gasteiger partial charge in [0.1, 0.15) is 19.4 Å². The molecule has 1 unspecified atom stereocenters. The molecular formula is C18H25N3O7S. The van der Waals surface area contributed by atoms with E-state index in [0.717, 1.165) is 0 Å². The smallest absolute Gasteiger partial charge is 0.309 e. The highest BCUT2D eigenvalue weighted by Crippen LogP contribution is 2.34. The van der Waals surface area contributed by atoms with Crippen LogP contribution in [0.15, 0.2) is 23.1 Å². The van der Waals surface area contributed by atoms with Crippen molar-refractivity contribution in [3.63, 3.8) is 0 Å². The van der Waals surface area contributed by atoms with Crippen molar-refractivity contribution in [2.75, 3.05) is 32.9 Å². The molecule has 1 aromatic rings. The molecule has 1 aromatic carbocycles. The summed E-state index contributed by atoms with van der Waals surface area (Å²) in [6.45, 7) is 4.66. The second kappa shape index (κ2) is 8.97. The Morgan fingerprint density at radius 1 is 1.14 bits per heavy atom. The van der Waals surface area contributed by atoms with Gasteiger partial charge in [-0.3, -0.25) is 9.59 Å². The summed E-state index contributed by atoms with van der Waals surface area (Å²) in [4.78, 5) is 23.7. The van der Waals surface area contributed by atoms with E-state index in [1.165, 1.54) is 16.4 Å². The SMILES string of the molecule is CC(C)NC(=O)C(=O)NCC1OCCCN1S(=O)(=O)c1ccc2c(c1)OCCO2. The topological polar surface area (TPSA) is 123 Å². The zero-order valence-electron chi connectivity index (χ0n) is 16.3. The Morgan fingerprint density at radius 3 is 2.59 bits per heavy atom. The van der Waals surface area contributed by atoms with Gasteiger partial charge in [0.15, 0.2) is 11.5 Å². The lowest BCUT2D eigenvalue weighted by Crippen LogP contribution is -2.53. The van der Waals surface area contributed by atoms with Crippen molar-refractivity contribution >= 4 is 21.8 Å². The number of carbonyl (C=O) groups excluding carboxylic acids is 2. The van der Waals surface area contributed by atoms with Crippen LogP contribution in [0.1, 0.15) is 20.3 Å². The van der Waals surface area contributed by atoms with Gasteiger partial charge in [0, 0.05) is 18.7 Å². The molecule has 1 atom stereocenters. The Hall–Kier alpha value is -2.37. The van der Waals surface area contributed by atoms with E-state index in [9.17, 15) is 18.0 Å². The van der Waals surface area contributed by atoms with E-state index in [1.54, 1.807) is 19.9 Å². The minimum atomic E-state index is -3.91. The standard InChI is InChI=1S/C18H25N3O7S/c1-12(2)20-18(23)17(22)19-11-16-21(6-3-7-28-16)29(24,25)13-4-5-14-15(10-13)27-9-8-26-14/h4-5,10,12,16H,3,6-9,11H2,1-2H3,(H,19,22)(H,20,23). The fourth-order valence-electron chi connectivity index (χ4n) is 3.01. The first kappa shape index (κ1) is 21.3. The van der Waals surface area contributed by atoms with Gasteiger partial charge in [-0.05, 0) is 32.4 Å². The predicted molar refractivity (Wildman–Crippen MR) is 102 cm³/mol. The number of nitrogens with zero attached hydrogens (tertiary/aromatic N) is 1. The lowest BCUT2D eigenvalue weighted by atomic mass is 10.3. The molecule has 29 heavy (non-hydrogen) atoms. The minimum Gasteiger partial charge on any atom is -0.486 e. The second-order valence-corrected chi connectivity index (χ2v) is 8.83. The Morgan fingerprint density at radius 2 is 1.86 bits per heavy atom. The molecule has 2 amide bonds. The Bertz CT molecular complexity index is 872. The third kappa shape index (κ3) is 4.98. The van der Waals surface area contributed by atoms with E-state index in [4.69, 9.17) is 14.2 Å². The first-order chi connectivity index (χ1) is 13.8. The number of sulfonamides is 1. The van der Waals surface area contributed by atoms with Crippen molar-refractivity contribution in [1.29, 1.82) is 0 Å². The van der Waals surface area contributed by atoms with E-state index in [-0.39, 0.29) is 24.0 Å². The van der Waals surface area contributed by atoms with Gasteiger partial charge < -0.3 is 24.8 Å². The monoisotopic (exact) mass is 427 g/mol. The van der Waals surface area contributed by atoms with Gasteiger partial charge in [-0.15, -0.1) is 0 Å². The number of hydrogen-bond donors (Lipinski definition) is 2. The molecule has 2 aliphatic rings. The molecular weight excluding hydrogens is 402 g/mol. The minimum absolute atomic E-state index is 0.0427. The van der Waals surface area contributed by atoms with Gasteiger partial charge in [0.2, 0.25) is 10.0 Å². The highest BCUT2D eigenvalue weighted by molar-refractivity contribution is 7.89. The van der Waals surface area contributed by atoms with E-state index in [2.05, 4.69) is 10.6 Å². The number of benzene rings is 1. The zero-order valence-corrected chi connectivity index (χ0v) is 17.2. The molecule has 0 saturated carbocycles. The van der Waals surface area contributed by atoms with E-state index >= 15 is 0 Å². The Balaban J connectivity index is 1.73. The second-order valence-electron chi connectivity index (χ2n) is 6.94. The number of ether oxygens (including phenoxy) is 3. The summed E-state index contributed by atoms with van der Waals surface area (Å²) in [6, 6.07) is 4.23. The number of fused-ring (bicyclic) bond motifs is 1. The average Bonchev–Trinajstić information content (AvgIpc) is 2.71. The maximum absolute atomic E-state index is 13.2. The van der Waals surface area contributed by atoms with Gasteiger partial charge in [-0.1, -0.05) is 0 Å². The molecule has 3 rings (SSSR count). The molecule has 0 radical (unpaired) electrons. The van der Waals surface area contributed by atoms with Gasteiger partial charge in [-0.2, -0.15) is 4.31 Å². The summed E-state index contributed by atoms with van der Waals surface area (Å²) in [5.41, 5.74) is 0. The number of rotatable bonds is 5. The van der Waals surface area contributed by atoms with Gasteiger partial charge >= 0.3 is 11.8 Å². The number of hydrogen-bond acceptors (Lipinski definition) is 7. The molecule has 1 fully saturated rings. The van der Waals surface area contributed by atoms with Crippen LogP contribution >= 0.6 is 0 Å². The quantitative estimate of drug-likeness (QED) is 0.626. The van der Waals surface area contributed by atoms with Crippen molar-refractivity contribution in [1.82, 2.24) is 14.9 Å². The molecule has 2 N–H and O–H groups in total. The van der Waals surface area contributed by atoms with Crippen molar-refractivity contribution < 1.29 is 32.2 Å². The van der Waals surface area contributed by atoms with Crippen molar-refractivity contribution in [2.24, 2.45) is 0 Å². The molecule has 0 aromatic heterocycles. The van der Waals surface area contributed by atoms with Crippen molar-refractivity contribution in [2.45, 2.75) is 37.4 Å². The van der Waals surface area contributed by atoms with Crippen LogP contribution in [0.4, 0.5) is 0 Å². The lowest BCUT2D eigenvalue weighted by Gasteiger charge is -2.34. The molecule has 0 bridgehead atoms. The zero-order chi connectivity index (χ0) is 21.0. The number of carbonyl (C=O) groups is 2. The van der Waals surface area contributed by atoms with Crippen LogP contribution in [-0.2, 0) is 24.3 Å². The highest BCUT2D eigenvalue weighted by atomic mass is 32.2. The van der Waals surface area contributed by atoms with E-state index in [1.807, 2.05) is 0 Å². The largest absolute Gasteiger partial charge is 0.486 e. The summed E-state index contributed by atoms with van der Waals surface area (Å²) in [6.07, 6.45) is -0.403. The molecule has 2 heterocycles. The van der Waals surface area contributed by atoms with Crippen molar-refractivity contribution in [3.8, 4) is 11.5 Å². The van der Waals surface area contributed by atoms with E-state index in [0.29, 0.717) is 37.7 Å². The summed E-state index contributed by atoms with van der Waals surface area (Å²) in [5.74, 6) is -0.767. The molecule has 0 aliphatic carbocycles. The van der Waals surface area contributed by atoms with Crippen LogP contribution in [-0.4, -0.2) is 69.7 Å². The maximum Gasteiger partial charge on any atom is 0.309 e. The molecule has 0 spiro atoms. The molecule has 10 nitrogen and oxygen atoms in total. The fourth-order valence-corrected chi connectivity index (χ4v) is 4.59. The first-order valence-corrected chi connectivity index (χ1v) is 10.8. The van der Waals surface area contributed by atoms with Crippen LogP contribution in [0.5, 0.6) is 11.5 Å². The van der Waals surface area contributed by atoms with Crippen LogP contribution in [0.3, 0.4) is 0 Å². The third-order valence-electron chi connectivity index (χ3n) is 4.34. The van der Waals surface area contributed by atoms with Crippen LogP contribution < -0.4 is 20.1 Å². The average molecular weight is 427 g/mol. The first-order valence-electron chi connectivity index (χ1n) is 9.41. The van der Waals surface area contributed by atoms with Crippen LogP contribution in [0.2, 0.25) is 0 Å². The Labute approximate surface area is 169 Å². The van der Waals surface area contributed by atoms with Crippen LogP contribution in [0, 0.1) is 0 Å². The van der Waals surface area contributed by atoms with Gasteiger partial charge in [0.25, 0.3) is 0 Å². The summed E-state index contributed by atoms with van der Waals surface area (Å²) < 4.78 is 44.0. The fraction of sp³-hybridized carbons (Fsp3) is 0.556. The predicted octanol–water partition coefficient (Wildman–Crippen LogP) is -0.164. The molecule has 11 heteroatoms. The molecule has 2 aliphatic heterocycles.